The van der Waals surface area contributed by atoms with Crippen LogP contribution in [0, 0.1) is 0 Å². The van der Waals surface area contributed by atoms with Crippen molar-refractivity contribution >= 4 is 5.91 Å². The van der Waals surface area contributed by atoms with Gasteiger partial charge in [-0.1, -0.05) is 322 Å². The van der Waals surface area contributed by atoms with Crippen LogP contribution in [0.15, 0.2) is 122 Å². The van der Waals surface area contributed by atoms with Crippen LogP contribution in [0.1, 0.15) is 303 Å². The van der Waals surface area contributed by atoms with E-state index >= 15 is 0 Å². The molecule has 3 aliphatic rings. The predicted molar refractivity (Wildman–Crippen MR) is 433 cm³/mol. The zero-order valence-corrected chi connectivity index (χ0v) is 66.8. The molecule has 3 aliphatic heterocycles. The van der Waals surface area contributed by atoms with Gasteiger partial charge in [0, 0.05) is 6.42 Å². The third-order valence-corrected chi connectivity index (χ3v) is 20.5. The minimum absolute atomic E-state index is 0.229. The van der Waals surface area contributed by atoms with Crippen LogP contribution in [0.2, 0.25) is 0 Å². The van der Waals surface area contributed by atoms with Crippen LogP contribution in [0.5, 0.6) is 0 Å². The highest BCUT2D eigenvalue weighted by Crippen LogP contribution is 2.33. The van der Waals surface area contributed by atoms with Gasteiger partial charge in [0.1, 0.15) is 73.2 Å². The van der Waals surface area contributed by atoms with Crippen molar-refractivity contribution in [1.29, 1.82) is 0 Å². The Morgan fingerprint density at radius 1 is 0.343 bits per heavy atom. The van der Waals surface area contributed by atoms with Crippen molar-refractivity contribution in [3.63, 3.8) is 0 Å². The van der Waals surface area contributed by atoms with Crippen molar-refractivity contribution in [2.45, 2.75) is 407 Å². The first-order valence-corrected chi connectivity index (χ1v) is 42.8. The molecule has 3 rings (SSSR count). The number of aliphatic hydroxyl groups is 11. The Labute approximate surface area is 652 Å². The number of nitrogens with one attached hydrogen (secondary N) is 1. The Morgan fingerprint density at radius 3 is 1.04 bits per heavy atom. The highest BCUT2D eigenvalue weighted by molar-refractivity contribution is 5.76. The van der Waals surface area contributed by atoms with E-state index in [1.165, 1.54) is 167 Å². The van der Waals surface area contributed by atoms with E-state index in [2.05, 4.69) is 129 Å². The number of amides is 1. The van der Waals surface area contributed by atoms with Gasteiger partial charge in [-0.25, -0.2) is 0 Å². The predicted octanol–water partition coefficient (Wildman–Crippen LogP) is 15.5. The molecule has 19 nitrogen and oxygen atoms in total. The Bertz CT molecular complexity index is 2420. The van der Waals surface area contributed by atoms with E-state index in [0.29, 0.717) is 12.8 Å². The SMILES string of the molecule is CC/C=C\C/C=C\C/C=C\C/C=C\C/C=C\C/C=C\C/C=C\C/C=C\CCCCCCCCCCCCCCCCC(=O)NC(COC1OC(CO)C(OC2OC(CO)C(OC3OC(CO)C(O)C(O)C3O)C(O)C2O)C(O)C1O)C(O)/C=C/CC/C=C/CCCCCCCCCCCCCCCCCCCC. The topological polar surface area (TPSA) is 307 Å². The zero-order chi connectivity index (χ0) is 78.1. The molecule has 622 valence electrons. The van der Waals surface area contributed by atoms with Gasteiger partial charge in [-0.2, -0.15) is 0 Å². The second-order valence-corrected chi connectivity index (χ2v) is 29.9. The second-order valence-electron chi connectivity index (χ2n) is 29.9. The summed E-state index contributed by atoms with van der Waals surface area (Å²) in [7, 11) is 0. The van der Waals surface area contributed by atoms with E-state index in [1.807, 2.05) is 6.08 Å². The molecule has 0 spiro atoms. The maximum absolute atomic E-state index is 13.5. The second kappa shape index (κ2) is 67.7. The summed E-state index contributed by atoms with van der Waals surface area (Å²) < 4.78 is 34.5. The normalized spacial score (nSPS) is 26.0. The summed E-state index contributed by atoms with van der Waals surface area (Å²) in [5.74, 6) is -0.287. The van der Waals surface area contributed by atoms with E-state index in [0.717, 1.165) is 103 Å². The number of aliphatic hydroxyl groups excluding tert-OH is 11. The molecule has 1 amide bonds. The summed E-state index contributed by atoms with van der Waals surface area (Å²) in [6.45, 7) is 1.63. The minimum atomic E-state index is -1.99. The summed E-state index contributed by atoms with van der Waals surface area (Å²) in [4.78, 5) is 13.5. The fraction of sp³-hybridized carbons (Fsp3) is 0.764. The van der Waals surface area contributed by atoms with Crippen LogP contribution >= 0.6 is 0 Å². The molecule has 3 fully saturated rings. The average molecular weight is 1530 g/mol. The van der Waals surface area contributed by atoms with E-state index in [9.17, 15) is 61.0 Å². The van der Waals surface area contributed by atoms with Gasteiger partial charge >= 0.3 is 0 Å². The van der Waals surface area contributed by atoms with Crippen LogP contribution in [0.25, 0.3) is 0 Å². The van der Waals surface area contributed by atoms with Crippen molar-refractivity contribution in [3.8, 4) is 0 Å². The third kappa shape index (κ3) is 46.4. The van der Waals surface area contributed by atoms with E-state index < -0.39 is 124 Å². The quantitative estimate of drug-likeness (QED) is 0.0199. The van der Waals surface area contributed by atoms with Gasteiger partial charge in [-0.15, -0.1) is 0 Å². The summed E-state index contributed by atoms with van der Waals surface area (Å²) in [5.41, 5.74) is 0. The van der Waals surface area contributed by atoms with Gasteiger partial charge in [-0.05, 0) is 96.3 Å². The average Bonchev–Trinajstić information content (AvgIpc) is 0.775. The molecule has 3 saturated heterocycles. The fourth-order valence-electron chi connectivity index (χ4n) is 13.7. The Balaban J connectivity index is 1.34. The molecular formula is C89H153NO18. The van der Waals surface area contributed by atoms with Crippen LogP contribution < -0.4 is 5.32 Å². The maximum Gasteiger partial charge on any atom is 0.220 e. The largest absolute Gasteiger partial charge is 0.394 e. The highest BCUT2D eigenvalue weighted by Gasteiger charge is 2.54. The first kappa shape index (κ1) is 98.4. The molecule has 17 unspecified atom stereocenters. The number of unbranched alkanes of at least 4 members (excludes halogenated alkanes) is 33. The van der Waals surface area contributed by atoms with E-state index in [4.69, 9.17) is 28.4 Å². The van der Waals surface area contributed by atoms with Crippen molar-refractivity contribution in [3.05, 3.63) is 122 Å². The summed E-state index contributed by atoms with van der Waals surface area (Å²) in [6.07, 6.45) is 69.0. The van der Waals surface area contributed by atoms with Crippen LogP contribution in [-0.2, 0) is 33.2 Å². The van der Waals surface area contributed by atoms with Gasteiger partial charge in [0.25, 0.3) is 0 Å². The van der Waals surface area contributed by atoms with Gasteiger partial charge in [0.15, 0.2) is 18.9 Å². The minimum Gasteiger partial charge on any atom is -0.394 e. The zero-order valence-electron chi connectivity index (χ0n) is 66.8. The first-order valence-electron chi connectivity index (χ1n) is 42.8. The molecule has 0 aromatic heterocycles. The molecule has 0 aromatic carbocycles. The lowest BCUT2D eigenvalue weighted by molar-refractivity contribution is -0.379. The fourth-order valence-corrected chi connectivity index (χ4v) is 13.7. The van der Waals surface area contributed by atoms with Crippen molar-refractivity contribution < 1.29 is 89.4 Å². The van der Waals surface area contributed by atoms with Crippen LogP contribution in [-0.4, -0.2) is 193 Å². The Hall–Kier alpha value is -3.81. The van der Waals surface area contributed by atoms with Crippen LogP contribution in [0.3, 0.4) is 0 Å². The molecule has 0 bridgehead atoms. The van der Waals surface area contributed by atoms with Crippen molar-refractivity contribution in [2.75, 3.05) is 26.4 Å². The number of allylic oxidation sites excluding steroid dienone is 19. The smallest absolute Gasteiger partial charge is 0.220 e. The Kier molecular flexibility index (Phi) is 61.6. The van der Waals surface area contributed by atoms with Crippen molar-refractivity contribution in [1.82, 2.24) is 5.32 Å². The van der Waals surface area contributed by atoms with Gasteiger partial charge in [0.05, 0.1) is 38.6 Å². The highest BCUT2D eigenvalue weighted by atomic mass is 16.8. The van der Waals surface area contributed by atoms with Crippen LogP contribution in [0.4, 0.5) is 0 Å². The van der Waals surface area contributed by atoms with E-state index in [-0.39, 0.29) is 18.9 Å². The summed E-state index contributed by atoms with van der Waals surface area (Å²) in [5, 5.41) is 121. The molecule has 12 N–H and O–H groups in total. The molecule has 0 aromatic rings. The number of rotatable bonds is 67. The van der Waals surface area contributed by atoms with Gasteiger partial charge in [0.2, 0.25) is 5.91 Å². The molecule has 0 saturated carbocycles. The van der Waals surface area contributed by atoms with Crippen molar-refractivity contribution in [2.24, 2.45) is 0 Å². The molecule has 0 radical (unpaired) electrons. The van der Waals surface area contributed by atoms with E-state index in [1.54, 1.807) is 6.08 Å². The molecule has 17 atom stereocenters. The van der Waals surface area contributed by atoms with Gasteiger partial charge in [-0.3, -0.25) is 4.79 Å². The molecule has 3 heterocycles. The summed E-state index contributed by atoms with van der Waals surface area (Å²) in [6, 6.07) is -0.999. The summed E-state index contributed by atoms with van der Waals surface area (Å²) >= 11 is 0. The molecule has 0 aliphatic carbocycles. The number of hydrogen-bond acceptors (Lipinski definition) is 18. The number of ether oxygens (including phenoxy) is 6. The lowest BCUT2D eigenvalue weighted by atomic mass is 9.96. The number of carbonyl (C=O) groups excluding carboxylic acids is 1. The number of hydrogen-bond donors (Lipinski definition) is 12. The monoisotopic (exact) mass is 1520 g/mol. The first-order chi connectivity index (χ1) is 52.8. The molecule has 19 heteroatoms. The lowest BCUT2D eigenvalue weighted by Gasteiger charge is -2.48. The third-order valence-electron chi connectivity index (χ3n) is 20.5. The maximum atomic E-state index is 13.5. The molecular weight excluding hydrogens is 1370 g/mol. The lowest BCUT2D eigenvalue weighted by Crippen LogP contribution is -2.66. The number of carbonyl (C=O) groups is 1. The molecule has 108 heavy (non-hydrogen) atoms. The standard InChI is InChI=1S/C89H153NO18/c1-3-5-7-9-11-13-15-17-19-21-23-25-27-29-30-31-32-33-34-35-36-37-38-39-40-41-42-43-45-47-49-51-53-55-57-59-61-63-65-67-77(95)90-72(73(94)66-64-62-60-58-56-54-52-50-48-46-44-28-26-24-22-20-18-16-14-12-10-8-6-4-2)71-103-87-83(101)80(98)85(75(69-92)105-87)108-89-84(102)81(99)86(76(70-93)106-89)107-88-82(100)79(97)78(96)74(68-91)104-88/h5,7,11,13,17,19,23,25,29-30,32-33,35-36,38-39,56,58,64,66,72-76,78-89,91-94,96-102H,3-4,6,8-10,12,14-16,18,20-22,24,26-28,31,34,37,40-55,57,59-63,65,67-71H2,1-2H3,(H,90,95)/b7-5-,13-11-,19-17-,25-23-,30-29-,33-32-,36-35-,39-38-,58-56+,66-64+. The Morgan fingerprint density at radius 2 is 0.648 bits per heavy atom. The van der Waals surface area contributed by atoms with Gasteiger partial charge < -0.3 is 89.9 Å².